The molecule has 1 aliphatic heterocycles. The first kappa shape index (κ1) is 19.9. The van der Waals surface area contributed by atoms with Crippen LogP contribution in [0, 0.1) is 0 Å². The zero-order valence-corrected chi connectivity index (χ0v) is 16.1. The van der Waals surface area contributed by atoms with Gasteiger partial charge in [0.1, 0.15) is 11.3 Å². The quantitative estimate of drug-likeness (QED) is 0.757. The molecule has 3 rings (SSSR count). The molecule has 0 saturated carbocycles. The van der Waals surface area contributed by atoms with E-state index in [1.54, 1.807) is 12.2 Å². The van der Waals surface area contributed by atoms with Gasteiger partial charge in [-0.3, -0.25) is 0 Å². The number of hydrogen-bond donors (Lipinski definition) is 1. The molecule has 0 fully saturated rings. The van der Waals surface area contributed by atoms with Gasteiger partial charge in [-0.05, 0) is 23.8 Å². The Bertz CT molecular complexity index is 961. The maximum absolute atomic E-state index is 12.4. The summed E-state index contributed by atoms with van der Waals surface area (Å²) in [6, 6.07) is 18.9. The minimum atomic E-state index is -1.25. The molecule has 6 heteroatoms. The number of ether oxygens (including phenoxy) is 3. The molecule has 0 spiro atoms. The number of rotatable bonds is 6. The van der Waals surface area contributed by atoms with Crippen LogP contribution in [-0.4, -0.2) is 32.3 Å². The third-order valence-electron chi connectivity index (χ3n) is 4.21. The third kappa shape index (κ3) is 4.93. The molecular weight excluding hydrogens is 370 g/mol. The number of allylic oxidation sites excluding steroid dienone is 2. The molecular formula is C23H21NO5. The van der Waals surface area contributed by atoms with Crippen LogP contribution < -0.4 is 5.32 Å². The molecule has 0 amide bonds. The van der Waals surface area contributed by atoms with E-state index in [9.17, 15) is 9.59 Å². The largest absolute Gasteiger partial charge is 0.473 e. The lowest BCUT2D eigenvalue weighted by Crippen LogP contribution is -2.35. The van der Waals surface area contributed by atoms with Crippen molar-refractivity contribution in [2.75, 3.05) is 19.5 Å². The third-order valence-corrected chi connectivity index (χ3v) is 4.21. The highest BCUT2D eigenvalue weighted by Crippen LogP contribution is 2.28. The minimum Gasteiger partial charge on any atom is -0.473 e. The van der Waals surface area contributed by atoms with E-state index in [1.807, 2.05) is 66.7 Å². The highest BCUT2D eigenvalue weighted by atomic mass is 16.6. The van der Waals surface area contributed by atoms with Gasteiger partial charge in [0.15, 0.2) is 0 Å². The maximum atomic E-state index is 12.4. The average Bonchev–Trinajstić information content (AvgIpc) is 2.77. The number of methoxy groups -OCH3 is 2. The fraction of sp³-hybridized carbons (Fsp3) is 0.130. The Hall–Kier alpha value is -3.80. The van der Waals surface area contributed by atoms with Gasteiger partial charge in [0.2, 0.25) is 6.10 Å². The van der Waals surface area contributed by atoms with Crippen molar-refractivity contribution in [3.8, 4) is 0 Å². The number of anilines is 1. The van der Waals surface area contributed by atoms with Crippen molar-refractivity contribution in [2.24, 2.45) is 0 Å². The highest BCUT2D eigenvalue weighted by molar-refractivity contribution is 5.99. The van der Waals surface area contributed by atoms with Gasteiger partial charge in [-0.25, -0.2) is 9.59 Å². The normalized spacial score (nSPS) is 16.1. The summed E-state index contributed by atoms with van der Waals surface area (Å²) < 4.78 is 15.5. The van der Waals surface area contributed by atoms with Gasteiger partial charge in [-0.2, -0.15) is 0 Å². The summed E-state index contributed by atoms with van der Waals surface area (Å²) in [4.78, 5) is 24.8. The molecule has 1 unspecified atom stereocenters. The van der Waals surface area contributed by atoms with Crippen LogP contribution in [0.5, 0.6) is 0 Å². The van der Waals surface area contributed by atoms with E-state index in [4.69, 9.17) is 14.2 Å². The summed E-state index contributed by atoms with van der Waals surface area (Å²) in [5.41, 5.74) is 2.15. The minimum absolute atomic E-state index is 0.0417. The van der Waals surface area contributed by atoms with E-state index in [0.717, 1.165) is 11.3 Å². The lowest BCUT2D eigenvalue weighted by molar-refractivity contribution is -0.152. The Morgan fingerprint density at radius 2 is 1.59 bits per heavy atom. The van der Waals surface area contributed by atoms with Crippen molar-refractivity contribution in [3.05, 3.63) is 95.4 Å². The lowest BCUT2D eigenvalue weighted by Gasteiger charge is -2.26. The van der Waals surface area contributed by atoms with E-state index < -0.39 is 18.0 Å². The van der Waals surface area contributed by atoms with E-state index in [-0.39, 0.29) is 5.57 Å². The molecule has 0 radical (unpaired) electrons. The standard InChI is InChI=1S/C23H21NO5/c1-27-22(25)20-19(24-17-11-7-4-8-12-17)15-18(29-21(20)23(26)28-2)14-13-16-9-5-3-6-10-16/h3-15,21,24H,1-2H3/b14-13+. The predicted octanol–water partition coefficient (Wildman–Crippen LogP) is 3.69. The summed E-state index contributed by atoms with van der Waals surface area (Å²) in [6.07, 6.45) is 3.98. The Balaban J connectivity index is 2.03. The van der Waals surface area contributed by atoms with Crippen LogP contribution in [-0.2, 0) is 23.8 Å². The molecule has 148 valence electrons. The molecule has 0 bridgehead atoms. The van der Waals surface area contributed by atoms with Crippen LogP contribution in [0.4, 0.5) is 5.69 Å². The molecule has 1 atom stereocenters. The summed E-state index contributed by atoms with van der Waals surface area (Å²) >= 11 is 0. The molecule has 1 aliphatic rings. The number of nitrogens with one attached hydrogen (secondary N) is 1. The first-order valence-corrected chi connectivity index (χ1v) is 8.96. The smallest absolute Gasteiger partial charge is 0.352 e. The van der Waals surface area contributed by atoms with Gasteiger partial charge in [0.25, 0.3) is 0 Å². The topological polar surface area (TPSA) is 73.9 Å². The Kier molecular flexibility index (Phi) is 6.47. The van der Waals surface area contributed by atoms with Gasteiger partial charge in [-0.15, -0.1) is 0 Å². The lowest BCUT2D eigenvalue weighted by atomic mass is 10.0. The second kappa shape index (κ2) is 9.41. The van der Waals surface area contributed by atoms with E-state index in [0.29, 0.717) is 11.5 Å². The van der Waals surface area contributed by atoms with Gasteiger partial charge in [0, 0.05) is 11.8 Å². The van der Waals surface area contributed by atoms with Gasteiger partial charge < -0.3 is 19.5 Å². The number of hydrogen-bond acceptors (Lipinski definition) is 6. The van der Waals surface area contributed by atoms with E-state index in [2.05, 4.69) is 5.32 Å². The molecule has 0 aromatic heterocycles. The van der Waals surface area contributed by atoms with Crippen LogP contribution in [0.2, 0.25) is 0 Å². The van der Waals surface area contributed by atoms with Gasteiger partial charge >= 0.3 is 11.9 Å². The zero-order valence-electron chi connectivity index (χ0n) is 16.1. The number of esters is 2. The van der Waals surface area contributed by atoms with E-state index >= 15 is 0 Å². The fourth-order valence-electron chi connectivity index (χ4n) is 2.80. The summed E-state index contributed by atoms with van der Waals surface area (Å²) in [7, 11) is 2.49. The number of carbonyl (C=O) groups is 2. The van der Waals surface area contributed by atoms with Gasteiger partial charge in [0.05, 0.1) is 19.9 Å². The molecule has 2 aromatic rings. The molecule has 2 aromatic carbocycles. The Labute approximate surface area is 169 Å². The van der Waals surface area contributed by atoms with Crippen LogP contribution >= 0.6 is 0 Å². The maximum Gasteiger partial charge on any atom is 0.352 e. The molecule has 1 N–H and O–H groups in total. The molecule has 6 nitrogen and oxygen atoms in total. The molecule has 29 heavy (non-hydrogen) atoms. The van der Waals surface area contributed by atoms with Crippen LogP contribution in [0.3, 0.4) is 0 Å². The van der Waals surface area contributed by atoms with Crippen molar-refractivity contribution < 1.29 is 23.8 Å². The fourth-order valence-corrected chi connectivity index (χ4v) is 2.80. The first-order chi connectivity index (χ1) is 14.1. The van der Waals surface area contributed by atoms with Crippen molar-refractivity contribution in [2.45, 2.75) is 6.10 Å². The van der Waals surface area contributed by atoms with Crippen LogP contribution in [0.15, 0.2) is 89.8 Å². The van der Waals surface area contributed by atoms with Crippen molar-refractivity contribution >= 4 is 23.7 Å². The Morgan fingerprint density at radius 1 is 0.931 bits per heavy atom. The number of para-hydroxylation sites is 1. The van der Waals surface area contributed by atoms with Crippen molar-refractivity contribution in [1.82, 2.24) is 0 Å². The van der Waals surface area contributed by atoms with Gasteiger partial charge in [-0.1, -0.05) is 54.6 Å². The zero-order chi connectivity index (χ0) is 20.6. The molecule has 1 heterocycles. The average molecular weight is 391 g/mol. The van der Waals surface area contributed by atoms with Crippen LogP contribution in [0.25, 0.3) is 6.08 Å². The highest BCUT2D eigenvalue weighted by Gasteiger charge is 2.37. The predicted molar refractivity (Wildman–Crippen MR) is 110 cm³/mol. The summed E-state index contributed by atoms with van der Waals surface area (Å²) in [5.74, 6) is -0.979. The first-order valence-electron chi connectivity index (χ1n) is 8.96. The number of carbonyl (C=O) groups excluding carboxylic acids is 2. The van der Waals surface area contributed by atoms with E-state index in [1.165, 1.54) is 14.2 Å². The van der Waals surface area contributed by atoms with Crippen LogP contribution in [0.1, 0.15) is 5.56 Å². The molecule has 0 saturated heterocycles. The summed E-state index contributed by atoms with van der Waals surface area (Å²) in [5, 5.41) is 3.16. The summed E-state index contributed by atoms with van der Waals surface area (Å²) in [6.45, 7) is 0. The number of benzene rings is 2. The molecule has 0 aliphatic carbocycles. The van der Waals surface area contributed by atoms with Crippen molar-refractivity contribution in [1.29, 1.82) is 0 Å². The second-order valence-corrected chi connectivity index (χ2v) is 6.12. The Morgan fingerprint density at radius 3 is 2.21 bits per heavy atom. The SMILES string of the molecule is COC(=O)C1=C(Nc2ccccc2)C=C(/C=C/c2ccccc2)OC1C(=O)OC. The second-order valence-electron chi connectivity index (χ2n) is 6.12. The van der Waals surface area contributed by atoms with Crippen molar-refractivity contribution in [3.63, 3.8) is 0 Å². The monoisotopic (exact) mass is 391 g/mol.